The molecule has 0 bridgehead atoms. The molecule has 0 N–H and O–H groups in total. The van der Waals surface area contributed by atoms with Gasteiger partial charge in [0.25, 0.3) is 0 Å². The van der Waals surface area contributed by atoms with Crippen molar-refractivity contribution in [1.29, 1.82) is 0 Å². The molecule has 0 aliphatic rings. The fourth-order valence-corrected chi connectivity index (χ4v) is 6.10. The molecule has 3 rings (SSSR count). The minimum Gasteiger partial charge on any atom is -0.497 e. The van der Waals surface area contributed by atoms with E-state index >= 15 is 0 Å². The molecule has 0 spiro atoms. The molecule has 136 valence electrons. The first-order valence-electron chi connectivity index (χ1n) is 7.87. The van der Waals surface area contributed by atoms with E-state index in [4.69, 9.17) is 4.74 Å². The molecule has 0 aliphatic carbocycles. The maximum Gasteiger partial charge on any atom is 0.175 e. The summed E-state index contributed by atoms with van der Waals surface area (Å²) in [7, 11) is 1.66. The number of aromatic nitrogens is 2. The molecule has 3 aromatic rings. The van der Waals surface area contributed by atoms with Gasteiger partial charge in [0.1, 0.15) is 5.75 Å². The fraction of sp³-hybridized carbons (Fsp3) is 0.278. The van der Waals surface area contributed by atoms with Crippen LogP contribution in [0, 0.1) is 13.8 Å². The van der Waals surface area contributed by atoms with Gasteiger partial charge in [-0.25, -0.2) is 0 Å². The van der Waals surface area contributed by atoms with Gasteiger partial charge in [0.05, 0.1) is 12.9 Å². The first kappa shape index (κ1) is 19.4. The average molecular weight is 423 g/mol. The van der Waals surface area contributed by atoms with Crippen LogP contribution in [-0.4, -0.2) is 28.8 Å². The number of ketones is 1. The van der Waals surface area contributed by atoms with E-state index in [1.54, 1.807) is 30.2 Å². The average Bonchev–Trinajstić information content (AvgIpc) is 3.24. The Bertz CT molecular complexity index is 887. The predicted octanol–water partition coefficient (Wildman–Crippen LogP) is 5.49. The van der Waals surface area contributed by atoms with Gasteiger partial charge in [0.15, 0.2) is 14.5 Å². The number of carbonyl (C=O) groups excluding carboxylic acids is 1. The second-order valence-corrected chi connectivity index (χ2v) is 10.4. The summed E-state index contributed by atoms with van der Waals surface area (Å²) >= 11 is 6.31. The summed E-state index contributed by atoms with van der Waals surface area (Å²) in [6.07, 6.45) is 0. The van der Waals surface area contributed by atoms with Gasteiger partial charge in [-0.15, -0.1) is 21.5 Å². The highest BCUT2D eigenvalue weighted by atomic mass is 32.2. The molecule has 1 aromatic carbocycles. The number of methoxy groups -OCH3 is 1. The Morgan fingerprint density at radius 2 is 1.77 bits per heavy atom. The summed E-state index contributed by atoms with van der Waals surface area (Å²) in [5.41, 5.74) is 2.04. The summed E-state index contributed by atoms with van der Waals surface area (Å²) in [5, 5.41) is 8.40. The molecule has 2 heterocycles. The molecule has 0 atom stereocenters. The minimum atomic E-state index is 0.152. The van der Waals surface area contributed by atoms with E-state index in [-0.39, 0.29) is 5.78 Å². The normalized spacial score (nSPS) is 10.9. The number of rotatable bonds is 8. The Morgan fingerprint density at radius 3 is 2.38 bits per heavy atom. The number of hydrogen-bond donors (Lipinski definition) is 0. The van der Waals surface area contributed by atoms with Gasteiger partial charge in [-0.3, -0.25) is 4.79 Å². The van der Waals surface area contributed by atoms with Crippen molar-refractivity contribution in [3.63, 3.8) is 0 Å². The first-order valence-corrected chi connectivity index (χ1v) is 11.5. The minimum absolute atomic E-state index is 0.152. The zero-order valence-electron chi connectivity index (χ0n) is 14.6. The third-order valence-corrected chi connectivity index (χ3v) is 7.80. The molecular formula is C18H18N2O2S4. The summed E-state index contributed by atoms with van der Waals surface area (Å²) in [6, 6.07) is 9.98. The lowest BCUT2D eigenvalue weighted by atomic mass is 10.2. The van der Waals surface area contributed by atoms with Crippen molar-refractivity contribution in [2.75, 3.05) is 12.9 Å². The van der Waals surface area contributed by atoms with E-state index in [9.17, 15) is 4.79 Å². The Morgan fingerprint density at radius 1 is 1.08 bits per heavy atom. The van der Waals surface area contributed by atoms with Crippen LogP contribution in [-0.2, 0) is 5.75 Å². The van der Waals surface area contributed by atoms with Crippen LogP contribution in [0.25, 0.3) is 0 Å². The van der Waals surface area contributed by atoms with Crippen LogP contribution >= 0.6 is 46.2 Å². The molecule has 4 nitrogen and oxygen atoms in total. The highest BCUT2D eigenvalue weighted by molar-refractivity contribution is 8.03. The van der Waals surface area contributed by atoms with Crippen molar-refractivity contribution in [1.82, 2.24) is 10.2 Å². The topological polar surface area (TPSA) is 52.1 Å². The Labute approximate surface area is 169 Å². The van der Waals surface area contributed by atoms with Gasteiger partial charge in [0, 0.05) is 21.1 Å². The quantitative estimate of drug-likeness (QED) is 0.353. The number of benzene rings is 1. The van der Waals surface area contributed by atoms with E-state index < -0.39 is 0 Å². The molecule has 2 aromatic heterocycles. The highest BCUT2D eigenvalue weighted by Crippen LogP contribution is 2.32. The van der Waals surface area contributed by atoms with Crippen LogP contribution in [0.3, 0.4) is 0 Å². The zero-order valence-corrected chi connectivity index (χ0v) is 17.9. The van der Waals surface area contributed by atoms with Gasteiger partial charge in [-0.1, -0.05) is 47.0 Å². The molecule has 0 radical (unpaired) electrons. The molecule has 0 saturated heterocycles. The zero-order chi connectivity index (χ0) is 18.5. The lowest BCUT2D eigenvalue weighted by molar-refractivity contribution is 0.102. The van der Waals surface area contributed by atoms with Gasteiger partial charge in [-0.2, -0.15) is 0 Å². The van der Waals surface area contributed by atoms with E-state index in [1.165, 1.54) is 33.5 Å². The maximum atomic E-state index is 12.3. The Balaban J connectivity index is 1.51. The third kappa shape index (κ3) is 5.09. The summed E-state index contributed by atoms with van der Waals surface area (Å²) in [6.45, 7) is 4.02. The van der Waals surface area contributed by atoms with E-state index in [0.29, 0.717) is 5.75 Å². The number of nitrogens with zero attached hydrogens (tertiary/aromatic N) is 2. The van der Waals surface area contributed by atoms with Gasteiger partial charge in [-0.05, 0) is 37.6 Å². The number of Topliss-reactive ketones (excluding diaryl/α,β-unsaturated/α-hetero) is 1. The first-order chi connectivity index (χ1) is 12.5. The molecule has 26 heavy (non-hydrogen) atoms. The van der Waals surface area contributed by atoms with Crippen LogP contribution in [0.15, 0.2) is 39.0 Å². The number of thioether (sulfide) groups is 2. The number of carbonyl (C=O) groups is 1. The number of aryl methyl sites for hydroxylation is 2. The lowest BCUT2D eigenvalue weighted by Crippen LogP contribution is -2.02. The van der Waals surface area contributed by atoms with Gasteiger partial charge in [0.2, 0.25) is 0 Å². The molecule has 0 unspecified atom stereocenters. The monoisotopic (exact) mass is 422 g/mol. The summed E-state index contributed by atoms with van der Waals surface area (Å²) < 4.78 is 6.91. The predicted molar refractivity (Wildman–Crippen MR) is 111 cm³/mol. The standard InChI is InChI=1S/C18H18N2O2S4/c1-11-8-15(12(2)25-11)16(21)10-24-18-20-19-17(26-18)23-9-13-4-6-14(22-3)7-5-13/h4-8H,9-10H2,1-3H3. The van der Waals surface area contributed by atoms with E-state index in [1.807, 2.05) is 44.2 Å². The van der Waals surface area contributed by atoms with Crippen LogP contribution in [0.1, 0.15) is 25.7 Å². The van der Waals surface area contributed by atoms with Crippen LogP contribution in [0.2, 0.25) is 0 Å². The van der Waals surface area contributed by atoms with Crippen molar-refractivity contribution in [2.24, 2.45) is 0 Å². The summed E-state index contributed by atoms with van der Waals surface area (Å²) in [5.74, 6) is 2.23. The van der Waals surface area contributed by atoms with E-state index in [0.717, 1.165) is 30.6 Å². The van der Waals surface area contributed by atoms with Gasteiger partial charge >= 0.3 is 0 Å². The van der Waals surface area contributed by atoms with Crippen molar-refractivity contribution in [3.05, 3.63) is 51.2 Å². The maximum absolute atomic E-state index is 12.3. The largest absolute Gasteiger partial charge is 0.497 e. The Hall–Kier alpha value is -1.35. The third-order valence-electron chi connectivity index (χ3n) is 3.58. The van der Waals surface area contributed by atoms with Crippen LogP contribution in [0.5, 0.6) is 5.75 Å². The van der Waals surface area contributed by atoms with E-state index in [2.05, 4.69) is 10.2 Å². The SMILES string of the molecule is COc1ccc(CSc2nnc(SCC(=O)c3cc(C)sc3C)s2)cc1. The molecule has 0 saturated carbocycles. The number of hydrogen-bond acceptors (Lipinski definition) is 8. The summed E-state index contributed by atoms with van der Waals surface area (Å²) in [4.78, 5) is 14.6. The molecule has 0 aliphatic heterocycles. The van der Waals surface area contributed by atoms with Crippen LogP contribution in [0.4, 0.5) is 0 Å². The highest BCUT2D eigenvalue weighted by Gasteiger charge is 2.14. The Kier molecular flexibility index (Phi) is 6.74. The van der Waals surface area contributed by atoms with Crippen molar-refractivity contribution >= 4 is 52.0 Å². The number of thiophene rings is 1. The molecule has 8 heteroatoms. The second kappa shape index (κ2) is 9.03. The molecule has 0 amide bonds. The lowest BCUT2D eigenvalue weighted by Gasteiger charge is -2.01. The number of ether oxygens (including phenoxy) is 1. The van der Waals surface area contributed by atoms with Crippen molar-refractivity contribution in [3.8, 4) is 5.75 Å². The van der Waals surface area contributed by atoms with Crippen molar-refractivity contribution in [2.45, 2.75) is 28.3 Å². The fourth-order valence-electron chi connectivity index (χ4n) is 2.29. The second-order valence-electron chi connectivity index (χ2n) is 5.51. The van der Waals surface area contributed by atoms with Gasteiger partial charge < -0.3 is 4.74 Å². The van der Waals surface area contributed by atoms with Crippen LogP contribution < -0.4 is 4.74 Å². The molecular weight excluding hydrogens is 404 g/mol. The smallest absolute Gasteiger partial charge is 0.175 e. The molecule has 0 fully saturated rings. The van der Waals surface area contributed by atoms with Crippen molar-refractivity contribution < 1.29 is 9.53 Å².